The molecule has 7 nitrogen and oxygen atoms in total. The van der Waals surface area contributed by atoms with Crippen LogP contribution in [0, 0.1) is 0 Å². The van der Waals surface area contributed by atoms with E-state index in [2.05, 4.69) is 4.90 Å². The summed E-state index contributed by atoms with van der Waals surface area (Å²) in [5.41, 5.74) is 5.56. The van der Waals surface area contributed by atoms with Gasteiger partial charge in [0.15, 0.2) is 0 Å². The van der Waals surface area contributed by atoms with Crippen LogP contribution in [-0.4, -0.2) is 91.1 Å². The molecule has 1 aliphatic carbocycles. The lowest BCUT2D eigenvalue weighted by molar-refractivity contribution is -0.143. The Morgan fingerprint density at radius 3 is 2.31 bits per heavy atom. The van der Waals surface area contributed by atoms with Crippen LogP contribution in [0.3, 0.4) is 0 Å². The normalized spacial score (nSPS) is 25.1. The zero-order valence-electron chi connectivity index (χ0n) is 16.1. The summed E-state index contributed by atoms with van der Waals surface area (Å²) in [5.74, 6) is 0.252. The van der Waals surface area contributed by atoms with Crippen LogP contribution < -0.4 is 5.73 Å². The number of rotatable bonds is 4. The van der Waals surface area contributed by atoms with E-state index >= 15 is 0 Å². The Bertz CT molecular complexity index is 493. The molecule has 2 saturated heterocycles. The van der Waals surface area contributed by atoms with Crippen molar-refractivity contribution in [2.45, 2.75) is 56.5 Å². The van der Waals surface area contributed by atoms with E-state index in [1.807, 2.05) is 16.8 Å². The third-order valence-electron chi connectivity index (χ3n) is 6.35. The summed E-state index contributed by atoms with van der Waals surface area (Å²) in [6.07, 6.45) is 7.21. The van der Waals surface area contributed by atoms with Crippen LogP contribution in [0.4, 0.5) is 0 Å². The fourth-order valence-corrected chi connectivity index (χ4v) is 4.35. The van der Waals surface area contributed by atoms with E-state index < -0.39 is 5.54 Å². The fraction of sp³-hybridized carbons (Fsp3) is 0.895. The van der Waals surface area contributed by atoms with E-state index in [0.717, 1.165) is 25.9 Å². The number of piperazine rings is 1. The van der Waals surface area contributed by atoms with E-state index in [0.29, 0.717) is 51.7 Å². The Morgan fingerprint density at radius 1 is 1.08 bits per heavy atom. The van der Waals surface area contributed by atoms with Crippen molar-refractivity contribution in [1.82, 2.24) is 14.7 Å². The van der Waals surface area contributed by atoms with Gasteiger partial charge in [-0.25, -0.2) is 0 Å². The Morgan fingerprint density at radius 2 is 1.69 bits per heavy atom. The smallest absolute Gasteiger partial charge is 0.242 e. The van der Waals surface area contributed by atoms with Crippen molar-refractivity contribution < 1.29 is 14.3 Å². The molecule has 3 rings (SSSR count). The minimum Gasteiger partial charge on any atom is -0.381 e. The van der Waals surface area contributed by atoms with Crippen LogP contribution in [0.2, 0.25) is 0 Å². The summed E-state index contributed by atoms with van der Waals surface area (Å²) in [4.78, 5) is 31.4. The number of nitrogens with zero attached hydrogens (tertiary/aromatic N) is 3. The van der Waals surface area contributed by atoms with Crippen molar-refractivity contribution in [3.63, 3.8) is 0 Å². The van der Waals surface area contributed by atoms with Gasteiger partial charge in [0.2, 0.25) is 11.8 Å². The number of hydrogen-bond acceptors (Lipinski definition) is 5. The molecule has 3 aliphatic rings. The maximum atomic E-state index is 12.8. The summed E-state index contributed by atoms with van der Waals surface area (Å²) in [5, 5.41) is 0. The van der Waals surface area contributed by atoms with E-state index in [1.54, 1.807) is 0 Å². The lowest BCUT2D eigenvalue weighted by Crippen LogP contribution is -2.61. The first-order valence-corrected chi connectivity index (χ1v) is 10.1. The van der Waals surface area contributed by atoms with Gasteiger partial charge < -0.3 is 20.3 Å². The number of amides is 2. The highest BCUT2D eigenvalue weighted by Gasteiger charge is 2.39. The number of carbonyl (C=O) groups excluding carboxylic acids is 2. The summed E-state index contributed by atoms with van der Waals surface area (Å²) in [6, 6.07) is 0.407. The average molecular weight is 367 g/mol. The summed E-state index contributed by atoms with van der Waals surface area (Å²) >= 11 is 0. The predicted octanol–water partition coefficient (Wildman–Crippen LogP) is 0.430. The molecule has 26 heavy (non-hydrogen) atoms. The van der Waals surface area contributed by atoms with Crippen molar-refractivity contribution in [3.8, 4) is 0 Å². The third-order valence-corrected chi connectivity index (χ3v) is 6.35. The zero-order valence-corrected chi connectivity index (χ0v) is 16.1. The van der Waals surface area contributed by atoms with Gasteiger partial charge in [-0.3, -0.25) is 14.5 Å². The van der Waals surface area contributed by atoms with Crippen LogP contribution in [0.1, 0.15) is 44.9 Å². The predicted molar refractivity (Wildman–Crippen MR) is 99.6 cm³/mol. The van der Waals surface area contributed by atoms with E-state index in [9.17, 15) is 9.59 Å². The standard InChI is InChI=1S/C19H34N4O3/c1-21(16-5-3-2-4-6-16)17(24)15-22-9-11-23(12-10-22)18(25)19(20)7-13-26-14-8-19/h16H,2-15,20H2,1H3. The molecule has 0 atom stereocenters. The third kappa shape index (κ3) is 4.56. The Hall–Kier alpha value is -1.18. The second-order valence-electron chi connectivity index (χ2n) is 8.13. The highest BCUT2D eigenvalue weighted by molar-refractivity contribution is 5.86. The number of ether oxygens (including phenoxy) is 1. The van der Waals surface area contributed by atoms with Crippen molar-refractivity contribution in [1.29, 1.82) is 0 Å². The van der Waals surface area contributed by atoms with Crippen LogP contribution in [-0.2, 0) is 14.3 Å². The first-order chi connectivity index (χ1) is 12.5. The molecule has 2 aliphatic heterocycles. The van der Waals surface area contributed by atoms with Crippen LogP contribution in [0.25, 0.3) is 0 Å². The van der Waals surface area contributed by atoms with E-state index in [1.165, 1.54) is 19.3 Å². The van der Waals surface area contributed by atoms with Gasteiger partial charge in [-0.2, -0.15) is 0 Å². The van der Waals surface area contributed by atoms with E-state index in [-0.39, 0.29) is 11.8 Å². The van der Waals surface area contributed by atoms with Crippen LogP contribution in [0.5, 0.6) is 0 Å². The minimum absolute atomic E-state index is 0.0473. The van der Waals surface area contributed by atoms with E-state index in [4.69, 9.17) is 10.5 Å². The molecule has 0 unspecified atom stereocenters. The summed E-state index contributed by atoms with van der Waals surface area (Å²) in [6.45, 7) is 4.36. The second kappa shape index (κ2) is 8.67. The molecule has 0 bridgehead atoms. The Kier molecular flexibility index (Phi) is 6.53. The van der Waals surface area contributed by atoms with Gasteiger partial charge in [-0.05, 0) is 25.7 Å². The molecule has 0 aromatic heterocycles. The van der Waals surface area contributed by atoms with Gasteiger partial charge in [0.25, 0.3) is 0 Å². The van der Waals surface area contributed by atoms with Gasteiger partial charge in [0, 0.05) is 52.5 Å². The average Bonchev–Trinajstić information content (AvgIpc) is 2.68. The van der Waals surface area contributed by atoms with Crippen molar-refractivity contribution in [2.75, 3.05) is 53.0 Å². The molecule has 0 aromatic rings. The lowest BCUT2D eigenvalue weighted by atomic mass is 9.89. The van der Waals surface area contributed by atoms with Crippen molar-refractivity contribution in [2.24, 2.45) is 5.73 Å². The Balaban J connectivity index is 1.44. The maximum absolute atomic E-state index is 12.8. The Labute approximate surface area is 156 Å². The van der Waals surface area contributed by atoms with Crippen LogP contribution in [0.15, 0.2) is 0 Å². The SMILES string of the molecule is CN(C(=O)CN1CCN(C(=O)C2(N)CCOCC2)CC1)C1CCCCC1. The molecule has 3 fully saturated rings. The molecule has 2 amide bonds. The quantitative estimate of drug-likeness (QED) is 0.781. The largest absolute Gasteiger partial charge is 0.381 e. The number of carbonyl (C=O) groups is 2. The topological polar surface area (TPSA) is 79.1 Å². The molecule has 148 valence electrons. The number of hydrogen-bond donors (Lipinski definition) is 1. The van der Waals surface area contributed by atoms with Gasteiger partial charge in [0.05, 0.1) is 12.1 Å². The molecule has 2 N–H and O–H groups in total. The number of nitrogens with two attached hydrogens (primary N) is 1. The van der Waals surface area contributed by atoms with Gasteiger partial charge in [-0.15, -0.1) is 0 Å². The molecule has 2 heterocycles. The van der Waals surface area contributed by atoms with Gasteiger partial charge in [-0.1, -0.05) is 19.3 Å². The van der Waals surface area contributed by atoms with Gasteiger partial charge in [0.1, 0.15) is 0 Å². The van der Waals surface area contributed by atoms with Crippen molar-refractivity contribution >= 4 is 11.8 Å². The zero-order chi connectivity index (χ0) is 18.6. The second-order valence-corrected chi connectivity index (χ2v) is 8.13. The molecule has 1 saturated carbocycles. The van der Waals surface area contributed by atoms with Crippen LogP contribution >= 0.6 is 0 Å². The highest BCUT2D eigenvalue weighted by atomic mass is 16.5. The maximum Gasteiger partial charge on any atom is 0.242 e. The lowest BCUT2D eigenvalue weighted by Gasteiger charge is -2.41. The molecule has 0 spiro atoms. The summed E-state index contributed by atoms with van der Waals surface area (Å²) in [7, 11) is 1.95. The first kappa shape index (κ1) is 19.6. The fourth-order valence-electron chi connectivity index (χ4n) is 4.35. The van der Waals surface area contributed by atoms with Gasteiger partial charge >= 0.3 is 0 Å². The molecule has 0 radical (unpaired) electrons. The molecular weight excluding hydrogens is 332 g/mol. The first-order valence-electron chi connectivity index (χ1n) is 10.1. The molecule has 7 heteroatoms. The molecular formula is C19H34N4O3. The van der Waals surface area contributed by atoms with Crippen molar-refractivity contribution in [3.05, 3.63) is 0 Å². The number of likely N-dealkylation sites (N-methyl/N-ethyl adjacent to an activating group) is 1. The molecule has 0 aromatic carbocycles. The monoisotopic (exact) mass is 366 g/mol. The highest BCUT2D eigenvalue weighted by Crippen LogP contribution is 2.23. The summed E-state index contributed by atoms with van der Waals surface area (Å²) < 4.78 is 5.33. The minimum atomic E-state index is -0.766.